The number of carbonyl (C=O) groups is 1. The second kappa shape index (κ2) is 5.39. The van der Waals surface area contributed by atoms with Crippen LogP contribution in [0.15, 0.2) is 36.5 Å². The molecule has 0 aliphatic carbocycles. The number of aryl methyl sites for hydroxylation is 1. The zero-order valence-corrected chi connectivity index (χ0v) is 10.7. The first-order valence-corrected chi connectivity index (χ1v) is 5.72. The van der Waals surface area contributed by atoms with Crippen LogP contribution in [-0.4, -0.2) is 23.1 Å². The molecule has 0 atom stereocenters. The molecule has 0 radical (unpaired) electrons. The summed E-state index contributed by atoms with van der Waals surface area (Å²) in [5, 5.41) is 12.2. The van der Waals surface area contributed by atoms with Crippen LogP contribution in [0.4, 0.5) is 5.69 Å². The Labute approximate surface area is 110 Å². The van der Waals surface area contributed by atoms with E-state index >= 15 is 0 Å². The van der Waals surface area contributed by atoms with Gasteiger partial charge in [-0.2, -0.15) is 0 Å². The van der Waals surface area contributed by atoms with Crippen LogP contribution in [0.5, 0.6) is 11.6 Å². The molecule has 0 spiro atoms. The van der Waals surface area contributed by atoms with Crippen LogP contribution in [0.25, 0.3) is 0 Å². The number of hydrogen-bond acceptors (Lipinski definition) is 4. The van der Waals surface area contributed by atoms with Gasteiger partial charge in [-0.25, -0.2) is 4.98 Å². The number of amides is 1. The molecule has 0 fully saturated rings. The van der Waals surface area contributed by atoms with E-state index in [4.69, 9.17) is 4.74 Å². The second-order valence-electron chi connectivity index (χ2n) is 4.02. The minimum Gasteiger partial charge on any atom is -0.508 e. The number of phenols is 1. The molecule has 19 heavy (non-hydrogen) atoms. The lowest BCUT2D eigenvalue weighted by Gasteiger charge is -2.09. The predicted molar refractivity (Wildman–Crippen MR) is 71.6 cm³/mol. The molecule has 5 nitrogen and oxygen atoms in total. The number of benzene rings is 1. The number of aromatic hydroxyl groups is 1. The van der Waals surface area contributed by atoms with Gasteiger partial charge in [-0.05, 0) is 42.8 Å². The normalized spacial score (nSPS) is 10.0. The summed E-state index contributed by atoms with van der Waals surface area (Å²) in [5.41, 5.74) is 1.65. The standard InChI is InChI=1S/C14H14N2O3/c1-9-8-10(5-6-12(9)17)16-13(18)11-4-3-7-15-14(11)19-2/h3-8,17H,1-2H3,(H,16,18). The Morgan fingerprint density at radius 3 is 2.84 bits per heavy atom. The average molecular weight is 258 g/mol. The van der Waals surface area contributed by atoms with E-state index in [0.717, 1.165) is 0 Å². The summed E-state index contributed by atoms with van der Waals surface area (Å²) in [7, 11) is 1.46. The maximum atomic E-state index is 12.1. The Bertz CT molecular complexity index is 611. The highest BCUT2D eigenvalue weighted by Gasteiger charge is 2.13. The predicted octanol–water partition coefficient (Wildman–Crippen LogP) is 2.36. The van der Waals surface area contributed by atoms with Crippen molar-refractivity contribution in [1.82, 2.24) is 4.98 Å². The third kappa shape index (κ3) is 2.82. The molecule has 1 aromatic carbocycles. The molecule has 0 aliphatic heterocycles. The van der Waals surface area contributed by atoms with Crippen LogP contribution in [0, 0.1) is 6.92 Å². The maximum Gasteiger partial charge on any atom is 0.261 e. The van der Waals surface area contributed by atoms with E-state index in [9.17, 15) is 9.90 Å². The Hall–Kier alpha value is -2.56. The Morgan fingerprint density at radius 1 is 1.37 bits per heavy atom. The number of carbonyl (C=O) groups excluding carboxylic acids is 1. The van der Waals surface area contributed by atoms with Gasteiger partial charge in [0.1, 0.15) is 11.3 Å². The minimum atomic E-state index is -0.310. The molecular formula is C14H14N2O3. The number of ether oxygens (including phenoxy) is 1. The van der Waals surface area contributed by atoms with Crippen molar-refractivity contribution in [3.05, 3.63) is 47.7 Å². The van der Waals surface area contributed by atoms with E-state index in [0.29, 0.717) is 16.8 Å². The first-order chi connectivity index (χ1) is 9.11. The summed E-state index contributed by atoms with van der Waals surface area (Å²) in [5.74, 6) is 0.155. The molecule has 1 aromatic heterocycles. The Kier molecular flexibility index (Phi) is 3.66. The van der Waals surface area contributed by atoms with E-state index in [-0.39, 0.29) is 17.5 Å². The number of nitrogens with one attached hydrogen (secondary N) is 1. The Balaban J connectivity index is 2.23. The summed E-state index contributed by atoms with van der Waals surface area (Å²) < 4.78 is 5.04. The van der Waals surface area contributed by atoms with Gasteiger partial charge in [0.05, 0.1) is 7.11 Å². The summed E-state index contributed by atoms with van der Waals surface area (Å²) in [6.07, 6.45) is 1.56. The molecule has 5 heteroatoms. The van der Waals surface area contributed by atoms with E-state index in [1.165, 1.54) is 13.2 Å². The van der Waals surface area contributed by atoms with Crippen LogP contribution in [0.3, 0.4) is 0 Å². The molecule has 0 saturated heterocycles. The molecule has 0 saturated carbocycles. The van der Waals surface area contributed by atoms with Gasteiger partial charge >= 0.3 is 0 Å². The third-order valence-corrected chi connectivity index (χ3v) is 2.66. The number of pyridine rings is 1. The van der Waals surface area contributed by atoms with Gasteiger partial charge in [-0.1, -0.05) is 0 Å². The highest BCUT2D eigenvalue weighted by molar-refractivity contribution is 6.05. The minimum absolute atomic E-state index is 0.192. The topological polar surface area (TPSA) is 71.5 Å². The highest BCUT2D eigenvalue weighted by atomic mass is 16.5. The van der Waals surface area contributed by atoms with Crippen LogP contribution in [-0.2, 0) is 0 Å². The molecule has 2 aromatic rings. The van der Waals surface area contributed by atoms with E-state index < -0.39 is 0 Å². The molecule has 2 rings (SSSR count). The first kappa shape index (κ1) is 12.9. The fraction of sp³-hybridized carbons (Fsp3) is 0.143. The molecule has 1 amide bonds. The van der Waals surface area contributed by atoms with Crippen molar-refractivity contribution in [3.8, 4) is 11.6 Å². The zero-order valence-electron chi connectivity index (χ0n) is 10.7. The summed E-state index contributed by atoms with van der Waals surface area (Å²) in [6, 6.07) is 8.15. The molecule has 2 N–H and O–H groups in total. The lowest BCUT2D eigenvalue weighted by Crippen LogP contribution is -2.13. The van der Waals surface area contributed by atoms with E-state index in [1.807, 2.05) is 0 Å². The zero-order chi connectivity index (χ0) is 13.8. The largest absolute Gasteiger partial charge is 0.508 e. The Morgan fingerprint density at radius 2 is 2.16 bits per heavy atom. The number of hydrogen-bond donors (Lipinski definition) is 2. The van der Waals surface area contributed by atoms with Gasteiger partial charge in [0.25, 0.3) is 5.91 Å². The SMILES string of the molecule is COc1ncccc1C(=O)Nc1ccc(O)c(C)c1. The third-order valence-electron chi connectivity index (χ3n) is 2.66. The fourth-order valence-corrected chi connectivity index (χ4v) is 1.66. The van der Waals surface area contributed by atoms with Gasteiger partial charge in [-0.3, -0.25) is 4.79 Å². The average Bonchev–Trinajstić information content (AvgIpc) is 2.43. The molecule has 1 heterocycles. The fourth-order valence-electron chi connectivity index (χ4n) is 1.66. The quantitative estimate of drug-likeness (QED) is 0.829. The van der Waals surface area contributed by atoms with Crippen molar-refractivity contribution in [2.75, 3.05) is 12.4 Å². The van der Waals surface area contributed by atoms with Gasteiger partial charge in [0.15, 0.2) is 0 Å². The molecular weight excluding hydrogens is 244 g/mol. The second-order valence-corrected chi connectivity index (χ2v) is 4.02. The van der Waals surface area contributed by atoms with Crippen LogP contribution in [0.1, 0.15) is 15.9 Å². The molecule has 0 bridgehead atoms. The molecule has 0 aliphatic rings. The monoisotopic (exact) mass is 258 g/mol. The summed E-state index contributed by atoms with van der Waals surface area (Å²) in [6.45, 7) is 1.76. The first-order valence-electron chi connectivity index (χ1n) is 5.72. The van der Waals surface area contributed by atoms with Crippen LogP contribution < -0.4 is 10.1 Å². The number of methoxy groups -OCH3 is 1. The van der Waals surface area contributed by atoms with Crippen molar-refractivity contribution in [2.24, 2.45) is 0 Å². The van der Waals surface area contributed by atoms with Gasteiger partial charge in [-0.15, -0.1) is 0 Å². The number of rotatable bonds is 3. The number of anilines is 1. The van der Waals surface area contributed by atoms with E-state index in [2.05, 4.69) is 10.3 Å². The van der Waals surface area contributed by atoms with Gasteiger partial charge in [0, 0.05) is 11.9 Å². The van der Waals surface area contributed by atoms with Crippen molar-refractivity contribution in [1.29, 1.82) is 0 Å². The molecule has 98 valence electrons. The van der Waals surface area contributed by atoms with Crippen LogP contribution in [0.2, 0.25) is 0 Å². The lowest BCUT2D eigenvalue weighted by atomic mass is 10.2. The number of nitrogens with zero attached hydrogens (tertiary/aromatic N) is 1. The maximum absolute atomic E-state index is 12.1. The van der Waals surface area contributed by atoms with Gasteiger partial charge < -0.3 is 15.2 Å². The summed E-state index contributed by atoms with van der Waals surface area (Å²) >= 11 is 0. The smallest absolute Gasteiger partial charge is 0.261 e. The van der Waals surface area contributed by atoms with E-state index in [1.54, 1.807) is 37.4 Å². The lowest BCUT2D eigenvalue weighted by molar-refractivity contribution is 0.102. The van der Waals surface area contributed by atoms with Crippen molar-refractivity contribution in [2.45, 2.75) is 6.92 Å². The van der Waals surface area contributed by atoms with Crippen LogP contribution >= 0.6 is 0 Å². The number of phenolic OH excluding ortho intramolecular Hbond substituents is 1. The van der Waals surface area contributed by atoms with Gasteiger partial charge in [0.2, 0.25) is 5.88 Å². The summed E-state index contributed by atoms with van der Waals surface area (Å²) in [4.78, 5) is 16.1. The van der Waals surface area contributed by atoms with Crippen molar-refractivity contribution >= 4 is 11.6 Å². The van der Waals surface area contributed by atoms with Crippen molar-refractivity contribution in [3.63, 3.8) is 0 Å². The van der Waals surface area contributed by atoms with Crippen molar-refractivity contribution < 1.29 is 14.6 Å². The highest BCUT2D eigenvalue weighted by Crippen LogP contribution is 2.21. The number of aromatic nitrogens is 1. The molecule has 0 unspecified atom stereocenters.